The van der Waals surface area contributed by atoms with E-state index in [1.807, 2.05) is 36.6 Å². The molecule has 0 atom stereocenters. The number of anilines is 1. The van der Waals surface area contributed by atoms with Crippen molar-refractivity contribution >= 4 is 32.0 Å². The van der Waals surface area contributed by atoms with Crippen molar-refractivity contribution in [3.8, 4) is 11.3 Å². The first-order valence-corrected chi connectivity index (χ1v) is 10.4. The molecule has 26 heavy (non-hydrogen) atoms. The van der Waals surface area contributed by atoms with Crippen LogP contribution < -0.4 is 4.72 Å². The molecule has 0 unspecified atom stereocenters. The summed E-state index contributed by atoms with van der Waals surface area (Å²) in [5.74, 6) is 0. The van der Waals surface area contributed by atoms with Gasteiger partial charge in [-0.3, -0.25) is 9.12 Å². The SMILES string of the molecule is Cc1ccc(S(=O)(=O)Nc2ccc(-c3cn4c(C)csc4n3)cc2)cc1. The summed E-state index contributed by atoms with van der Waals surface area (Å²) < 4.78 is 29.6. The van der Waals surface area contributed by atoms with Crippen molar-refractivity contribution < 1.29 is 8.42 Å². The van der Waals surface area contributed by atoms with Crippen LogP contribution >= 0.6 is 11.3 Å². The van der Waals surface area contributed by atoms with Crippen LogP contribution in [0.25, 0.3) is 16.2 Å². The van der Waals surface area contributed by atoms with Crippen molar-refractivity contribution in [3.05, 3.63) is 71.4 Å². The van der Waals surface area contributed by atoms with Gasteiger partial charge < -0.3 is 0 Å². The van der Waals surface area contributed by atoms with Gasteiger partial charge in [0.2, 0.25) is 0 Å². The molecule has 0 fully saturated rings. The molecule has 2 aromatic carbocycles. The number of hydrogen-bond acceptors (Lipinski definition) is 4. The second-order valence-electron chi connectivity index (χ2n) is 6.15. The number of rotatable bonds is 4. The van der Waals surface area contributed by atoms with Gasteiger partial charge in [0, 0.05) is 28.5 Å². The number of thiazole rings is 1. The van der Waals surface area contributed by atoms with Crippen LogP contribution in [0.2, 0.25) is 0 Å². The molecule has 0 spiro atoms. The summed E-state index contributed by atoms with van der Waals surface area (Å²) in [5, 5.41) is 2.06. The molecule has 2 heterocycles. The molecule has 4 rings (SSSR count). The first kappa shape index (κ1) is 16.8. The van der Waals surface area contributed by atoms with E-state index in [1.54, 1.807) is 47.7 Å². The topological polar surface area (TPSA) is 63.5 Å². The minimum absolute atomic E-state index is 0.247. The smallest absolute Gasteiger partial charge is 0.261 e. The van der Waals surface area contributed by atoms with Gasteiger partial charge in [-0.05, 0) is 38.1 Å². The summed E-state index contributed by atoms with van der Waals surface area (Å²) in [7, 11) is -3.59. The largest absolute Gasteiger partial charge is 0.294 e. The first-order valence-electron chi connectivity index (χ1n) is 8.05. The Morgan fingerprint density at radius 1 is 1.00 bits per heavy atom. The average molecular weight is 383 g/mol. The minimum atomic E-state index is -3.59. The number of nitrogens with zero attached hydrogens (tertiary/aromatic N) is 2. The maximum Gasteiger partial charge on any atom is 0.261 e. The van der Waals surface area contributed by atoms with Crippen molar-refractivity contribution in [3.63, 3.8) is 0 Å². The van der Waals surface area contributed by atoms with E-state index in [2.05, 4.69) is 15.1 Å². The maximum absolute atomic E-state index is 12.5. The number of sulfonamides is 1. The van der Waals surface area contributed by atoms with E-state index in [1.165, 1.54) is 0 Å². The molecular formula is C19H17N3O2S2. The van der Waals surface area contributed by atoms with Crippen molar-refractivity contribution in [2.45, 2.75) is 18.7 Å². The molecular weight excluding hydrogens is 366 g/mol. The lowest BCUT2D eigenvalue weighted by Gasteiger charge is -2.09. The first-order chi connectivity index (χ1) is 12.4. The molecule has 132 valence electrons. The van der Waals surface area contributed by atoms with Crippen LogP contribution in [0.15, 0.2) is 65.0 Å². The van der Waals surface area contributed by atoms with Crippen molar-refractivity contribution in [1.29, 1.82) is 0 Å². The molecule has 0 amide bonds. The van der Waals surface area contributed by atoms with Crippen LogP contribution in [-0.2, 0) is 10.0 Å². The quantitative estimate of drug-likeness (QED) is 0.565. The number of nitrogens with one attached hydrogen (secondary N) is 1. The fourth-order valence-electron chi connectivity index (χ4n) is 2.67. The van der Waals surface area contributed by atoms with E-state index < -0.39 is 10.0 Å². The van der Waals surface area contributed by atoms with E-state index in [0.29, 0.717) is 5.69 Å². The molecule has 0 saturated carbocycles. The zero-order valence-corrected chi connectivity index (χ0v) is 15.9. The van der Waals surface area contributed by atoms with Gasteiger partial charge in [-0.1, -0.05) is 29.8 Å². The van der Waals surface area contributed by atoms with Crippen molar-refractivity contribution in [1.82, 2.24) is 9.38 Å². The van der Waals surface area contributed by atoms with Crippen LogP contribution in [0.4, 0.5) is 5.69 Å². The van der Waals surface area contributed by atoms with Crippen molar-refractivity contribution in [2.24, 2.45) is 0 Å². The van der Waals surface area contributed by atoms with E-state index in [4.69, 9.17) is 0 Å². The third-order valence-corrected chi connectivity index (χ3v) is 6.51. The Labute approximate surface area is 156 Å². The average Bonchev–Trinajstić information content (AvgIpc) is 3.18. The fourth-order valence-corrected chi connectivity index (χ4v) is 4.58. The lowest BCUT2D eigenvalue weighted by atomic mass is 10.1. The Kier molecular flexibility index (Phi) is 4.05. The highest BCUT2D eigenvalue weighted by Crippen LogP contribution is 2.25. The molecule has 7 heteroatoms. The number of benzene rings is 2. The van der Waals surface area contributed by atoms with E-state index >= 15 is 0 Å². The molecule has 0 saturated heterocycles. The van der Waals surface area contributed by atoms with Crippen LogP contribution in [0.5, 0.6) is 0 Å². The van der Waals surface area contributed by atoms with Crippen LogP contribution in [0.1, 0.15) is 11.3 Å². The van der Waals surface area contributed by atoms with Gasteiger partial charge in [-0.15, -0.1) is 11.3 Å². The van der Waals surface area contributed by atoms with Gasteiger partial charge in [0.25, 0.3) is 10.0 Å². The second-order valence-corrected chi connectivity index (χ2v) is 8.67. The van der Waals surface area contributed by atoms with Crippen LogP contribution in [-0.4, -0.2) is 17.8 Å². The lowest BCUT2D eigenvalue weighted by Crippen LogP contribution is -2.12. The Bertz CT molecular complexity index is 1170. The van der Waals surface area contributed by atoms with Gasteiger partial charge in [-0.2, -0.15) is 0 Å². The predicted molar refractivity (Wildman–Crippen MR) is 105 cm³/mol. The zero-order valence-electron chi connectivity index (χ0n) is 14.3. The second kappa shape index (κ2) is 6.26. The van der Waals surface area contributed by atoms with Gasteiger partial charge in [-0.25, -0.2) is 13.4 Å². The highest BCUT2D eigenvalue weighted by Gasteiger charge is 2.14. The molecule has 0 bridgehead atoms. The third-order valence-electron chi connectivity index (χ3n) is 4.15. The number of fused-ring (bicyclic) bond motifs is 1. The summed E-state index contributed by atoms with van der Waals surface area (Å²) >= 11 is 1.60. The summed E-state index contributed by atoms with van der Waals surface area (Å²) in [6.07, 6.45) is 1.99. The standard InChI is InChI=1S/C19H17N3O2S2/c1-13-3-9-17(10-4-13)26(23,24)21-16-7-5-15(6-8-16)18-11-22-14(2)12-25-19(22)20-18/h3-12,21H,1-2H3. The Morgan fingerprint density at radius 2 is 1.69 bits per heavy atom. The van der Waals surface area contributed by atoms with Gasteiger partial charge >= 0.3 is 0 Å². The molecule has 4 aromatic rings. The number of imidazole rings is 1. The van der Waals surface area contributed by atoms with E-state index in [0.717, 1.165) is 27.5 Å². The van der Waals surface area contributed by atoms with Gasteiger partial charge in [0.15, 0.2) is 4.96 Å². The minimum Gasteiger partial charge on any atom is -0.294 e. The van der Waals surface area contributed by atoms with Gasteiger partial charge in [0.1, 0.15) is 0 Å². The maximum atomic E-state index is 12.5. The highest BCUT2D eigenvalue weighted by atomic mass is 32.2. The Hall–Kier alpha value is -2.64. The monoisotopic (exact) mass is 383 g/mol. The third kappa shape index (κ3) is 3.11. The number of hydrogen-bond donors (Lipinski definition) is 1. The van der Waals surface area contributed by atoms with E-state index in [9.17, 15) is 8.42 Å². The summed E-state index contributed by atoms with van der Waals surface area (Å²) in [4.78, 5) is 5.80. The van der Waals surface area contributed by atoms with Crippen LogP contribution in [0.3, 0.4) is 0 Å². The summed E-state index contributed by atoms with van der Waals surface area (Å²) in [6, 6.07) is 14.0. The fraction of sp³-hybridized carbons (Fsp3) is 0.105. The Balaban J connectivity index is 1.58. The molecule has 5 nitrogen and oxygen atoms in total. The molecule has 0 radical (unpaired) electrons. The van der Waals surface area contributed by atoms with Crippen molar-refractivity contribution in [2.75, 3.05) is 4.72 Å². The Morgan fingerprint density at radius 3 is 2.35 bits per heavy atom. The molecule has 1 N–H and O–H groups in total. The number of aromatic nitrogens is 2. The predicted octanol–water partition coefficient (Wildman–Crippen LogP) is 4.48. The highest BCUT2D eigenvalue weighted by molar-refractivity contribution is 7.92. The molecule has 0 aliphatic carbocycles. The lowest BCUT2D eigenvalue weighted by molar-refractivity contribution is 0.601. The molecule has 0 aliphatic heterocycles. The summed E-state index contributed by atoms with van der Waals surface area (Å²) in [5.41, 5.74) is 4.49. The molecule has 2 aromatic heterocycles. The van der Waals surface area contributed by atoms with Crippen LogP contribution in [0, 0.1) is 13.8 Å². The van der Waals surface area contributed by atoms with Gasteiger partial charge in [0.05, 0.1) is 10.6 Å². The number of aryl methyl sites for hydroxylation is 2. The summed E-state index contributed by atoms with van der Waals surface area (Å²) in [6.45, 7) is 3.96. The zero-order chi connectivity index (χ0) is 18.3. The van der Waals surface area contributed by atoms with E-state index in [-0.39, 0.29) is 4.90 Å². The normalized spacial score (nSPS) is 11.8. The molecule has 0 aliphatic rings.